The Morgan fingerprint density at radius 3 is 2.63 bits per heavy atom. The second-order valence-corrected chi connectivity index (χ2v) is 4.02. The molecule has 0 heterocycles. The Morgan fingerprint density at radius 2 is 2.05 bits per heavy atom. The van der Waals surface area contributed by atoms with E-state index in [1.807, 2.05) is 0 Å². The highest BCUT2D eigenvalue weighted by molar-refractivity contribution is 5.97. The van der Waals surface area contributed by atoms with E-state index < -0.39 is 0 Å². The van der Waals surface area contributed by atoms with Gasteiger partial charge in [0, 0.05) is 5.56 Å². The average molecular weight is 260 g/mol. The smallest absolute Gasteiger partial charge is 0.317 e. The van der Waals surface area contributed by atoms with E-state index in [0.29, 0.717) is 12.2 Å². The van der Waals surface area contributed by atoms with Gasteiger partial charge in [-0.05, 0) is 38.5 Å². The molecule has 0 aliphatic heterocycles. The number of esters is 1. The fourth-order valence-corrected chi connectivity index (χ4v) is 1.54. The summed E-state index contributed by atoms with van der Waals surface area (Å²) < 4.78 is 4.75. The van der Waals surface area contributed by atoms with Crippen molar-refractivity contribution < 1.29 is 19.4 Å². The molecule has 19 heavy (non-hydrogen) atoms. The van der Waals surface area contributed by atoms with Gasteiger partial charge in [-0.3, -0.25) is 9.59 Å². The highest BCUT2D eigenvalue weighted by Crippen LogP contribution is 2.22. The van der Waals surface area contributed by atoms with Gasteiger partial charge in [0.15, 0.2) is 5.78 Å². The second kappa shape index (κ2) is 6.60. The lowest BCUT2D eigenvalue weighted by Gasteiger charge is -2.04. The number of Topliss-reactive ketones (excluding diaryl/α,β-unsaturated/α-hetero) is 1. The third-order valence-electron chi connectivity index (χ3n) is 2.48. The van der Waals surface area contributed by atoms with E-state index in [0.717, 1.165) is 5.56 Å². The summed E-state index contributed by atoms with van der Waals surface area (Å²) in [5.41, 5.74) is 1.64. The standard InChI is InChI=1S/C15H16O4/c1-4-19-15(18)7-5-6-12-9-14(17)13(11(3)16)8-10(12)2/h8-9,17H,4,7H2,1-3H3. The number of ketones is 1. The molecule has 0 amide bonds. The van der Waals surface area contributed by atoms with Crippen LogP contribution in [0.4, 0.5) is 0 Å². The molecule has 1 aromatic carbocycles. The van der Waals surface area contributed by atoms with Crippen LogP contribution >= 0.6 is 0 Å². The number of aryl methyl sites for hydroxylation is 1. The highest BCUT2D eigenvalue weighted by Gasteiger charge is 2.09. The zero-order valence-corrected chi connectivity index (χ0v) is 11.2. The van der Waals surface area contributed by atoms with E-state index in [4.69, 9.17) is 4.74 Å². The quantitative estimate of drug-likeness (QED) is 0.514. The molecular weight excluding hydrogens is 244 g/mol. The maximum absolute atomic E-state index is 11.2. The number of rotatable bonds is 3. The number of carbonyl (C=O) groups excluding carboxylic acids is 2. The van der Waals surface area contributed by atoms with Crippen molar-refractivity contribution in [2.45, 2.75) is 27.2 Å². The van der Waals surface area contributed by atoms with Gasteiger partial charge < -0.3 is 9.84 Å². The summed E-state index contributed by atoms with van der Waals surface area (Å²) in [7, 11) is 0. The second-order valence-electron chi connectivity index (χ2n) is 4.02. The fourth-order valence-electron chi connectivity index (χ4n) is 1.54. The highest BCUT2D eigenvalue weighted by atomic mass is 16.5. The monoisotopic (exact) mass is 260 g/mol. The molecule has 0 saturated carbocycles. The van der Waals surface area contributed by atoms with Crippen LogP contribution in [0.3, 0.4) is 0 Å². The number of phenols is 1. The number of aromatic hydroxyl groups is 1. The van der Waals surface area contributed by atoms with Crippen molar-refractivity contribution in [3.63, 3.8) is 0 Å². The lowest BCUT2D eigenvalue weighted by atomic mass is 10.0. The Morgan fingerprint density at radius 1 is 1.37 bits per heavy atom. The molecule has 100 valence electrons. The van der Waals surface area contributed by atoms with Crippen LogP contribution in [0, 0.1) is 18.8 Å². The van der Waals surface area contributed by atoms with Gasteiger partial charge in [0.2, 0.25) is 0 Å². The molecule has 4 nitrogen and oxygen atoms in total. The van der Waals surface area contributed by atoms with E-state index in [1.165, 1.54) is 13.0 Å². The van der Waals surface area contributed by atoms with E-state index in [9.17, 15) is 14.7 Å². The van der Waals surface area contributed by atoms with Gasteiger partial charge in [-0.2, -0.15) is 0 Å². The van der Waals surface area contributed by atoms with Gasteiger partial charge in [0.05, 0.1) is 12.2 Å². The Labute approximate surface area is 112 Å². The maximum atomic E-state index is 11.2. The summed E-state index contributed by atoms with van der Waals surface area (Å²) in [6.07, 6.45) is 0.00248. The van der Waals surface area contributed by atoms with Crippen LogP contribution in [-0.4, -0.2) is 23.5 Å². The van der Waals surface area contributed by atoms with Crippen LogP contribution in [0.25, 0.3) is 0 Å². The Hall–Kier alpha value is -2.28. The van der Waals surface area contributed by atoms with Gasteiger partial charge in [-0.25, -0.2) is 0 Å². The number of benzene rings is 1. The average Bonchev–Trinajstić information content (AvgIpc) is 2.33. The van der Waals surface area contributed by atoms with Crippen molar-refractivity contribution in [2.24, 2.45) is 0 Å². The number of phenolic OH excluding ortho intramolecular Hbond substituents is 1. The zero-order valence-electron chi connectivity index (χ0n) is 11.2. The van der Waals surface area contributed by atoms with Crippen molar-refractivity contribution in [2.75, 3.05) is 6.61 Å². The summed E-state index contributed by atoms with van der Waals surface area (Å²) in [4.78, 5) is 22.4. The molecule has 1 rings (SSSR count). The zero-order chi connectivity index (χ0) is 14.4. The minimum absolute atomic E-state index is 0.00248. The van der Waals surface area contributed by atoms with Crippen LogP contribution in [0.2, 0.25) is 0 Å². The topological polar surface area (TPSA) is 63.6 Å². The molecule has 0 aliphatic rings. The molecule has 0 unspecified atom stereocenters. The van der Waals surface area contributed by atoms with Gasteiger partial charge in [0.25, 0.3) is 0 Å². The molecular formula is C15H16O4. The predicted molar refractivity (Wildman–Crippen MR) is 71.0 cm³/mol. The van der Waals surface area contributed by atoms with Crippen molar-refractivity contribution in [3.05, 3.63) is 28.8 Å². The van der Waals surface area contributed by atoms with Gasteiger partial charge in [-0.1, -0.05) is 11.8 Å². The fraction of sp³-hybridized carbons (Fsp3) is 0.333. The molecule has 1 N–H and O–H groups in total. The molecule has 0 saturated heterocycles. The van der Waals surface area contributed by atoms with Gasteiger partial charge in [0.1, 0.15) is 12.2 Å². The molecule has 0 aromatic heterocycles. The number of hydrogen-bond acceptors (Lipinski definition) is 4. The van der Waals surface area contributed by atoms with Gasteiger partial charge in [-0.15, -0.1) is 0 Å². The third kappa shape index (κ3) is 4.14. The van der Waals surface area contributed by atoms with Crippen LogP contribution in [0.15, 0.2) is 12.1 Å². The van der Waals surface area contributed by atoms with Crippen LogP contribution in [0.5, 0.6) is 5.75 Å². The maximum Gasteiger partial charge on any atom is 0.317 e. The van der Waals surface area contributed by atoms with E-state index in [2.05, 4.69) is 11.8 Å². The van der Waals surface area contributed by atoms with E-state index in [-0.39, 0.29) is 29.5 Å². The first kappa shape index (κ1) is 14.8. The molecule has 4 heteroatoms. The first-order valence-corrected chi connectivity index (χ1v) is 5.94. The van der Waals surface area contributed by atoms with Gasteiger partial charge >= 0.3 is 5.97 Å². The number of carbonyl (C=O) groups is 2. The summed E-state index contributed by atoms with van der Waals surface area (Å²) in [5.74, 6) is 4.79. The Bertz CT molecular complexity index is 561. The third-order valence-corrected chi connectivity index (χ3v) is 2.48. The first-order chi connectivity index (χ1) is 8.95. The largest absolute Gasteiger partial charge is 0.507 e. The summed E-state index contributed by atoms with van der Waals surface area (Å²) in [6, 6.07) is 3.02. The summed E-state index contributed by atoms with van der Waals surface area (Å²) >= 11 is 0. The molecule has 0 atom stereocenters. The number of ether oxygens (including phenoxy) is 1. The van der Waals surface area contributed by atoms with Crippen molar-refractivity contribution in [1.29, 1.82) is 0 Å². The molecule has 1 aromatic rings. The normalized spacial score (nSPS) is 9.42. The Balaban J connectivity index is 2.92. The minimum Gasteiger partial charge on any atom is -0.507 e. The van der Waals surface area contributed by atoms with Crippen molar-refractivity contribution in [1.82, 2.24) is 0 Å². The van der Waals surface area contributed by atoms with Crippen LogP contribution in [0.1, 0.15) is 41.8 Å². The molecule has 0 aliphatic carbocycles. The summed E-state index contributed by atoms with van der Waals surface area (Å²) in [5, 5.41) is 9.70. The number of hydrogen-bond donors (Lipinski definition) is 1. The summed E-state index contributed by atoms with van der Waals surface area (Å²) in [6.45, 7) is 5.24. The molecule has 0 bridgehead atoms. The lowest BCUT2D eigenvalue weighted by Crippen LogP contribution is -2.01. The SMILES string of the molecule is CCOC(=O)CC#Cc1cc(O)c(C(C)=O)cc1C. The van der Waals surface area contributed by atoms with Crippen LogP contribution in [-0.2, 0) is 9.53 Å². The lowest BCUT2D eigenvalue weighted by molar-refractivity contribution is -0.141. The Kier molecular flexibility index (Phi) is 5.13. The molecule has 0 radical (unpaired) electrons. The molecule has 0 spiro atoms. The van der Waals surface area contributed by atoms with E-state index >= 15 is 0 Å². The van der Waals surface area contributed by atoms with Crippen molar-refractivity contribution in [3.8, 4) is 17.6 Å². The van der Waals surface area contributed by atoms with E-state index in [1.54, 1.807) is 19.9 Å². The van der Waals surface area contributed by atoms with Crippen LogP contribution < -0.4 is 0 Å². The molecule has 0 fully saturated rings. The predicted octanol–water partition coefficient (Wildman–Crippen LogP) is 2.21. The first-order valence-electron chi connectivity index (χ1n) is 5.94. The van der Waals surface area contributed by atoms with Crippen molar-refractivity contribution >= 4 is 11.8 Å². The minimum atomic E-state index is -0.378.